The Hall–Kier alpha value is -0.130. The molecule has 22 heavy (non-hydrogen) atoms. The summed E-state index contributed by atoms with van der Waals surface area (Å²) in [4.78, 5) is 0. The molecule has 0 radical (unpaired) electrons. The largest absolute Gasteiger partial charge is 0.393 e. The van der Waals surface area contributed by atoms with Crippen LogP contribution in [-0.4, -0.2) is 29.4 Å². The maximum Gasteiger partial charge on any atom is 0.267 e. The van der Waals surface area contributed by atoms with Crippen molar-refractivity contribution in [2.45, 2.75) is 109 Å². The molecule has 2 unspecified atom stereocenters. The van der Waals surface area contributed by atoms with Gasteiger partial charge in [0, 0.05) is 0 Å². The first kappa shape index (κ1) is 21.9. The van der Waals surface area contributed by atoms with Crippen molar-refractivity contribution >= 4 is 10.1 Å². The molecule has 0 aromatic rings. The number of rotatable bonds is 15. The van der Waals surface area contributed by atoms with Crippen molar-refractivity contribution in [1.29, 1.82) is 0 Å². The average molecular weight is 337 g/mol. The third-order valence-corrected chi connectivity index (χ3v) is 5.57. The van der Waals surface area contributed by atoms with Crippen molar-refractivity contribution in [2.24, 2.45) is 0 Å². The standard InChI is InChI=1S/C17H36O4S/c1-3-5-9-14-17(22(19,20)21)15-11-8-7-10-13-16(18)12-6-4-2/h16-18H,3-15H2,1-2H3,(H,19,20,21). The summed E-state index contributed by atoms with van der Waals surface area (Å²) in [5, 5.41) is 9.15. The molecular formula is C17H36O4S. The molecular weight excluding hydrogens is 300 g/mol. The Morgan fingerprint density at radius 1 is 0.727 bits per heavy atom. The summed E-state index contributed by atoms with van der Waals surface area (Å²) in [7, 11) is -3.90. The van der Waals surface area contributed by atoms with E-state index in [0.717, 1.165) is 70.6 Å². The minimum absolute atomic E-state index is 0.181. The van der Waals surface area contributed by atoms with Crippen LogP contribution in [0.5, 0.6) is 0 Å². The van der Waals surface area contributed by atoms with Crippen LogP contribution in [0.3, 0.4) is 0 Å². The van der Waals surface area contributed by atoms with Crippen LogP contribution in [0.25, 0.3) is 0 Å². The highest BCUT2D eigenvalue weighted by molar-refractivity contribution is 7.86. The molecule has 2 N–H and O–H groups in total. The van der Waals surface area contributed by atoms with Crippen LogP contribution in [0.4, 0.5) is 0 Å². The van der Waals surface area contributed by atoms with E-state index in [1.165, 1.54) is 0 Å². The Balaban J connectivity index is 3.76. The summed E-state index contributed by atoms with van der Waals surface area (Å²) in [6.45, 7) is 4.20. The summed E-state index contributed by atoms with van der Waals surface area (Å²) < 4.78 is 32.0. The Bertz CT molecular complexity index is 341. The van der Waals surface area contributed by atoms with Crippen molar-refractivity contribution in [3.63, 3.8) is 0 Å². The van der Waals surface area contributed by atoms with Gasteiger partial charge in [0.2, 0.25) is 0 Å². The van der Waals surface area contributed by atoms with E-state index in [-0.39, 0.29) is 6.10 Å². The number of aliphatic hydroxyl groups excluding tert-OH is 1. The van der Waals surface area contributed by atoms with Gasteiger partial charge in [0.25, 0.3) is 10.1 Å². The number of aliphatic hydroxyl groups is 1. The SMILES string of the molecule is CCCCCC(CCCCCCC(O)CCCC)S(=O)(=O)O. The van der Waals surface area contributed by atoms with Gasteiger partial charge in [0.1, 0.15) is 0 Å². The molecule has 0 amide bonds. The van der Waals surface area contributed by atoms with Crippen LogP contribution in [0.15, 0.2) is 0 Å². The first-order chi connectivity index (χ1) is 10.4. The lowest BCUT2D eigenvalue weighted by molar-refractivity contribution is 0.148. The van der Waals surface area contributed by atoms with E-state index < -0.39 is 15.4 Å². The number of hydrogen-bond acceptors (Lipinski definition) is 3. The van der Waals surface area contributed by atoms with Crippen LogP contribution in [0.2, 0.25) is 0 Å². The molecule has 2 atom stereocenters. The Morgan fingerprint density at radius 2 is 1.18 bits per heavy atom. The van der Waals surface area contributed by atoms with E-state index in [2.05, 4.69) is 13.8 Å². The van der Waals surface area contributed by atoms with Gasteiger partial charge >= 0.3 is 0 Å². The van der Waals surface area contributed by atoms with Crippen LogP contribution in [-0.2, 0) is 10.1 Å². The maximum atomic E-state index is 11.4. The van der Waals surface area contributed by atoms with E-state index in [1.807, 2.05) is 0 Å². The third-order valence-electron chi connectivity index (χ3n) is 4.26. The van der Waals surface area contributed by atoms with E-state index in [1.54, 1.807) is 0 Å². The third kappa shape index (κ3) is 12.4. The highest BCUT2D eigenvalue weighted by Gasteiger charge is 2.21. The highest BCUT2D eigenvalue weighted by Crippen LogP contribution is 2.18. The highest BCUT2D eigenvalue weighted by atomic mass is 32.2. The van der Waals surface area contributed by atoms with Gasteiger partial charge in [-0.15, -0.1) is 0 Å². The minimum atomic E-state index is -3.90. The minimum Gasteiger partial charge on any atom is -0.393 e. The normalized spacial score (nSPS) is 14.9. The number of unbranched alkanes of at least 4 members (excludes halogenated alkanes) is 6. The van der Waals surface area contributed by atoms with Crippen LogP contribution in [0.1, 0.15) is 97.3 Å². The predicted molar refractivity (Wildman–Crippen MR) is 92.7 cm³/mol. The Labute approximate surface area is 137 Å². The lowest BCUT2D eigenvalue weighted by atomic mass is 10.0. The van der Waals surface area contributed by atoms with E-state index in [0.29, 0.717) is 12.8 Å². The fourth-order valence-corrected chi connectivity index (χ4v) is 3.68. The molecule has 0 saturated heterocycles. The average Bonchev–Trinajstić information content (AvgIpc) is 2.45. The zero-order valence-electron chi connectivity index (χ0n) is 14.5. The van der Waals surface area contributed by atoms with Gasteiger partial charge in [-0.3, -0.25) is 4.55 Å². The van der Waals surface area contributed by atoms with Gasteiger partial charge in [-0.05, 0) is 25.7 Å². The predicted octanol–water partition coefficient (Wildman–Crippen LogP) is 4.71. The molecule has 0 bridgehead atoms. The fourth-order valence-electron chi connectivity index (χ4n) is 2.75. The molecule has 4 nitrogen and oxygen atoms in total. The molecule has 134 valence electrons. The first-order valence-corrected chi connectivity index (χ1v) is 10.6. The van der Waals surface area contributed by atoms with Gasteiger partial charge < -0.3 is 5.11 Å². The summed E-state index contributed by atoms with van der Waals surface area (Å²) >= 11 is 0. The summed E-state index contributed by atoms with van der Waals surface area (Å²) in [6, 6.07) is 0. The van der Waals surface area contributed by atoms with Gasteiger partial charge in [-0.25, -0.2) is 0 Å². The molecule has 0 fully saturated rings. The molecule has 0 aliphatic carbocycles. The molecule has 0 rings (SSSR count). The summed E-state index contributed by atoms with van der Waals surface area (Å²) in [6.07, 6.45) is 11.6. The zero-order chi connectivity index (χ0) is 16.8. The molecule has 5 heteroatoms. The summed E-state index contributed by atoms with van der Waals surface area (Å²) in [5.74, 6) is 0. The quantitative estimate of drug-likeness (QED) is 0.335. The number of hydrogen-bond donors (Lipinski definition) is 2. The molecule has 0 saturated carbocycles. The molecule has 0 heterocycles. The fraction of sp³-hybridized carbons (Fsp3) is 1.00. The topological polar surface area (TPSA) is 74.6 Å². The van der Waals surface area contributed by atoms with Gasteiger partial charge in [0.05, 0.1) is 11.4 Å². The lowest BCUT2D eigenvalue weighted by Crippen LogP contribution is -2.20. The van der Waals surface area contributed by atoms with Crippen molar-refractivity contribution in [3.05, 3.63) is 0 Å². The lowest BCUT2D eigenvalue weighted by Gasteiger charge is -2.14. The van der Waals surface area contributed by atoms with Gasteiger partial charge in [-0.1, -0.05) is 71.6 Å². The van der Waals surface area contributed by atoms with Crippen molar-refractivity contribution in [1.82, 2.24) is 0 Å². The van der Waals surface area contributed by atoms with Crippen molar-refractivity contribution in [3.8, 4) is 0 Å². The zero-order valence-corrected chi connectivity index (χ0v) is 15.3. The smallest absolute Gasteiger partial charge is 0.267 e. The van der Waals surface area contributed by atoms with E-state index >= 15 is 0 Å². The molecule has 0 spiro atoms. The van der Waals surface area contributed by atoms with Gasteiger partial charge in [0.15, 0.2) is 0 Å². The Kier molecular flexibility index (Phi) is 13.2. The summed E-state index contributed by atoms with van der Waals surface area (Å²) in [5.41, 5.74) is 0. The first-order valence-electron chi connectivity index (χ1n) is 9.06. The van der Waals surface area contributed by atoms with E-state index in [4.69, 9.17) is 0 Å². The molecule has 0 aliphatic heterocycles. The molecule has 0 aliphatic rings. The van der Waals surface area contributed by atoms with E-state index in [9.17, 15) is 18.1 Å². The van der Waals surface area contributed by atoms with Crippen LogP contribution < -0.4 is 0 Å². The second-order valence-electron chi connectivity index (χ2n) is 6.42. The van der Waals surface area contributed by atoms with Crippen molar-refractivity contribution in [2.75, 3.05) is 0 Å². The van der Waals surface area contributed by atoms with Crippen LogP contribution in [0, 0.1) is 0 Å². The maximum absolute atomic E-state index is 11.4. The van der Waals surface area contributed by atoms with Crippen LogP contribution >= 0.6 is 0 Å². The second kappa shape index (κ2) is 13.3. The second-order valence-corrected chi connectivity index (χ2v) is 8.12. The molecule has 0 aromatic heterocycles. The van der Waals surface area contributed by atoms with Gasteiger partial charge in [-0.2, -0.15) is 8.42 Å². The molecule has 0 aromatic carbocycles. The Morgan fingerprint density at radius 3 is 1.68 bits per heavy atom. The van der Waals surface area contributed by atoms with Crippen molar-refractivity contribution < 1.29 is 18.1 Å². The monoisotopic (exact) mass is 336 g/mol.